The molecule has 160 valence electrons. The first-order chi connectivity index (χ1) is 13.8. The van der Waals surface area contributed by atoms with Crippen LogP contribution in [0.4, 0.5) is 13.2 Å². The molecule has 2 aliphatic rings. The molecule has 1 heterocycles. The van der Waals surface area contributed by atoms with E-state index in [0.717, 1.165) is 25.2 Å². The summed E-state index contributed by atoms with van der Waals surface area (Å²) < 4.78 is 45.6. The minimum Gasteiger partial charge on any atom is -0.406 e. The number of carbonyl (C=O) groups excluding carboxylic acids is 2. The first-order valence-electron chi connectivity index (χ1n) is 9.39. The van der Waals surface area contributed by atoms with Gasteiger partial charge in [0.2, 0.25) is 5.91 Å². The number of piperidine rings is 1. The van der Waals surface area contributed by atoms with Gasteiger partial charge in [-0.1, -0.05) is 6.07 Å². The number of halogens is 3. The lowest BCUT2D eigenvalue weighted by atomic mass is 10.2. The first kappa shape index (κ1) is 21.4. The van der Waals surface area contributed by atoms with E-state index in [0.29, 0.717) is 44.0 Å². The van der Waals surface area contributed by atoms with Crippen LogP contribution in [0.2, 0.25) is 0 Å². The summed E-state index contributed by atoms with van der Waals surface area (Å²) in [5, 5.41) is 5.57. The Bertz CT molecular complexity index is 732. The largest absolute Gasteiger partial charge is 0.573 e. The molecule has 29 heavy (non-hydrogen) atoms. The fourth-order valence-electron chi connectivity index (χ4n) is 3.87. The van der Waals surface area contributed by atoms with E-state index in [1.807, 2.05) is 0 Å². The Balaban J connectivity index is 1.38. The molecule has 0 aromatic heterocycles. The SMILES string of the molecule is COCCNC(=O)CN1CC2C(CNC(=O)c3cccc(OC(F)(F)F)c3)C2C1. The van der Waals surface area contributed by atoms with E-state index in [4.69, 9.17) is 4.74 Å². The summed E-state index contributed by atoms with van der Waals surface area (Å²) >= 11 is 0. The van der Waals surface area contributed by atoms with Gasteiger partial charge >= 0.3 is 6.36 Å². The number of fused-ring (bicyclic) bond motifs is 1. The number of rotatable bonds is 9. The molecular formula is C19H24F3N3O4. The summed E-state index contributed by atoms with van der Waals surface area (Å²) in [7, 11) is 1.58. The second-order valence-electron chi connectivity index (χ2n) is 7.31. The van der Waals surface area contributed by atoms with E-state index >= 15 is 0 Å². The monoisotopic (exact) mass is 415 g/mol. The van der Waals surface area contributed by atoms with Gasteiger partial charge in [0.15, 0.2) is 0 Å². The molecule has 1 aliphatic carbocycles. The van der Waals surface area contributed by atoms with Crippen LogP contribution in [0, 0.1) is 17.8 Å². The highest BCUT2D eigenvalue weighted by Gasteiger charge is 2.55. The summed E-state index contributed by atoms with van der Waals surface area (Å²) in [4.78, 5) is 26.1. The molecular weight excluding hydrogens is 391 g/mol. The predicted molar refractivity (Wildman–Crippen MR) is 97.3 cm³/mol. The highest BCUT2D eigenvalue weighted by Crippen LogP contribution is 2.51. The molecule has 1 saturated heterocycles. The Kier molecular flexibility index (Phi) is 6.63. The van der Waals surface area contributed by atoms with Crippen LogP contribution in [-0.4, -0.2) is 69.5 Å². The van der Waals surface area contributed by atoms with Crippen molar-refractivity contribution in [2.75, 3.05) is 46.4 Å². The van der Waals surface area contributed by atoms with Gasteiger partial charge in [-0.25, -0.2) is 0 Å². The number of hydrogen-bond acceptors (Lipinski definition) is 5. The molecule has 0 spiro atoms. The summed E-state index contributed by atoms with van der Waals surface area (Å²) in [5.41, 5.74) is 0.118. The molecule has 1 saturated carbocycles. The maximum absolute atomic E-state index is 12.3. The van der Waals surface area contributed by atoms with Crippen LogP contribution < -0.4 is 15.4 Å². The number of likely N-dealkylation sites (tertiary alicyclic amines) is 1. The zero-order chi connectivity index (χ0) is 21.0. The number of amides is 2. The van der Waals surface area contributed by atoms with Gasteiger partial charge in [-0.2, -0.15) is 0 Å². The minimum absolute atomic E-state index is 0.0332. The lowest BCUT2D eigenvalue weighted by Gasteiger charge is -2.19. The Morgan fingerprint density at radius 1 is 1.21 bits per heavy atom. The smallest absolute Gasteiger partial charge is 0.406 e. The second kappa shape index (κ2) is 9.00. The maximum Gasteiger partial charge on any atom is 0.573 e. The van der Waals surface area contributed by atoms with Gasteiger partial charge in [0, 0.05) is 38.9 Å². The Morgan fingerprint density at radius 2 is 1.93 bits per heavy atom. The zero-order valence-corrected chi connectivity index (χ0v) is 16.0. The third-order valence-corrected chi connectivity index (χ3v) is 5.27. The van der Waals surface area contributed by atoms with E-state index < -0.39 is 18.0 Å². The number of alkyl halides is 3. The van der Waals surface area contributed by atoms with Crippen LogP contribution in [0.3, 0.4) is 0 Å². The van der Waals surface area contributed by atoms with Crippen LogP contribution in [0.1, 0.15) is 10.4 Å². The summed E-state index contributed by atoms with van der Waals surface area (Å²) in [5.74, 6) is 0.310. The molecule has 10 heteroatoms. The Labute approximate surface area is 166 Å². The topological polar surface area (TPSA) is 79.9 Å². The molecule has 2 N–H and O–H groups in total. The molecule has 7 nitrogen and oxygen atoms in total. The van der Waals surface area contributed by atoms with Crippen molar-refractivity contribution in [1.29, 1.82) is 0 Å². The first-order valence-corrected chi connectivity index (χ1v) is 9.39. The van der Waals surface area contributed by atoms with Crippen molar-refractivity contribution in [2.24, 2.45) is 17.8 Å². The number of nitrogens with one attached hydrogen (secondary N) is 2. The number of methoxy groups -OCH3 is 1. The molecule has 2 atom stereocenters. The zero-order valence-electron chi connectivity index (χ0n) is 16.0. The van der Waals surface area contributed by atoms with Crippen molar-refractivity contribution < 1.29 is 32.2 Å². The van der Waals surface area contributed by atoms with Gasteiger partial charge in [-0.15, -0.1) is 13.2 Å². The average molecular weight is 415 g/mol. The van der Waals surface area contributed by atoms with Crippen molar-refractivity contribution >= 4 is 11.8 Å². The fraction of sp³-hybridized carbons (Fsp3) is 0.579. The minimum atomic E-state index is -4.80. The average Bonchev–Trinajstić information content (AvgIpc) is 3.10. The highest BCUT2D eigenvalue weighted by molar-refractivity contribution is 5.94. The number of carbonyl (C=O) groups is 2. The lowest BCUT2D eigenvalue weighted by molar-refractivity contribution is -0.274. The highest BCUT2D eigenvalue weighted by atomic mass is 19.4. The van der Waals surface area contributed by atoms with Gasteiger partial charge in [0.25, 0.3) is 5.91 Å². The predicted octanol–water partition coefficient (Wildman–Crippen LogP) is 1.26. The van der Waals surface area contributed by atoms with E-state index in [9.17, 15) is 22.8 Å². The number of nitrogens with zero attached hydrogens (tertiary/aromatic N) is 1. The second-order valence-corrected chi connectivity index (χ2v) is 7.31. The third kappa shape index (κ3) is 6.07. The molecule has 0 radical (unpaired) electrons. The van der Waals surface area contributed by atoms with Gasteiger partial charge in [-0.05, 0) is 36.0 Å². The molecule has 2 amide bonds. The molecule has 3 rings (SSSR count). The van der Waals surface area contributed by atoms with Gasteiger partial charge in [0.1, 0.15) is 5.75 Å². The normalized spacial score (nSPS) is 23.4. The Hall–Kier alpha value is -2.33. The van der Waals surface area contributed by atoms with Crippen LogP contribution in [-0.2, 0) is 9.53 Å². The molecule has 1 aliphatic heterocycles. The van der Waals surface area contributed by atoms with Gasteiger partial charge in [0.05, 0.1) is 13.2 Å². The molecule has 1 aromatic carbocycles. The van der Waals surface area contributed by atoms with Crippen LogP contribution in [0.15, 0.2) is 24.3 Å². The molecule has 2 unspecified atom stereocenters. The summed E-state index contributed by atoms with van der Waals surface area (Å²) in [6, 6.07) is 5.00. The van der Waals surface area contributed by atoms with Crippen LogP contribution >= 0.6 is 0 Å². The van der Waals surface area contributed by atoms with E-state index in [2.05, 4.69) is 20.3 Å². The molecule has 1 aromatic rings. The van der Waals surface area contributed by atoms with E-state index in [-0.39, 0.29) is 11.5 Å². The van der Waals surface area contributed by atoms with Crippen molar-refractivity contribution in [3.8, 4) is 5.75 Å². The van der Waals surface area contributed by atoms with Crippen LogP contribution in [0.25, 0.3) is 0 Å². The van der Waals surface area contributed by atoms with E-state index in [1.54, 1.807) is 7.11 Å². The molecule has 2 fully saturated rings. The van der Waals surface area contributed by atoms with Crippen molar-refractivity contribution in [3.05, 3.63) is 29.8 Å². The number of hydrogen-bond donors (Lipinski definition) is 2. The van der Waals surface area contributed by atoms with Crippen LogP contribution in [0.5, 0.6) is 5.75 Å². The van der Waals surface area contributed by atoms with Crippen molar-refractivity contribution in [1.82, 2.24) is 15.5 Å². The standard InChI is InChI=1S/C19H24F3N3O4/c1-28-6-5-23-17(26)11-25-9-15-14(16(15)10-25)8-24-18(27)12-3-2-4-13(7-12)29-19(20,21)22/h2-4,7,14-16H,5-6,8-11H2,1H3,(H,23,26)(H,24,27). The van der Waals surface area contributed by atoms with E-state index in [1.165, 1.54) is 12.1 Å². The fourth-order valence-corrected chi connectivity index (χ4v) is 3.87. The lowest BCUT2D eigenvalue weighted by Crippen LogP contribution is -2.39. The maximum atomic E-state index is 12.3. The summed E-state index contributed by atoms with van der Waals surface area (Å²) in [6.07, 6.45) is -4.80. The van der Waals surface area contributed by atoms with Crippen molar-refractivity contribution in [3.63, 3.8) is 0 Å². The third-order valence-electron chi connectivity index (χ3n) is 5.27. The number of benzene rings is 1. The summed E-state index contributed by atoms with van der Waals surface area (Å²) in [6.45, 7) is 3.38. The number of ether oxygens (including phenoxy) is 2. The molecule has 0 bridgehead atoms. The van der Waals surface area contributed by atoms with Crippen molar-refractivity contribution in [2.45, 2.75) is 6.36 Å². The quantitative estimate of drug-likeness (QED) is 0.594. The van der Waals surface area contributed by atoms with Gasteiger partial charge in [-0.3, -0.25) is 14.5 Å². The Morgan fingerprint density at radius 3 is 2.59 bits per heavy atom. The van der Waals surface area contributed by atoms with Gasteiger partial charge < -0.3 is 20.1 Å².